The van der Waals surface area contributed by atoms with Gasteiger partial charge in [0.15, 0.2) is 10.9 Å². The van der Waals surface area contributed by atoms with Crippen molar-refractivity contribution in [3.05, 3.63) is 65.5 Å². The Morgan fingerprint density at radius 3 is 2.42 bits per heavy atom. The molecule has 1 aliphatic rings. The SMILES string of the molecule is CC(=O)NCCc1nnc(SCC(=O)c2ccc(S(=O)(=O)N3CCOCC3)cc2)n1-c1cccc(C(F)(F)F)c1. The first kappa shape index (κ1) is 29.7. The molecule has 3 aromatic rings. The van der Waals surface area contributed by atoms with Crippen LogP contribution in [0.4, 0.5) is 13.2 Å². The van der Waals surface area contributed by atoms with E-state index in [1.54, 1.807) is 0 Å². The van der Waals surface area contributed by atoms with Crippen molar-refractivity contribution in [3.63, 3.8) is 0 Å². The predicted octanol–water partition coefficient (Wildman–Crippen LogP) is 2.96. The van der Waals surface area contributed by atoms with Gasteiger partial charge >= 0.3 is 6.18 Å². The molecule has 1 saturated heterocycles. The minimum atomic E-state index is -4.56. The van der Waals surface area contributed by atoms with Gasteiger partial charge < -0.3 is 10.1 Å². The first-order valence-corrected chi connectivity index (χ1v) is 14.6. The predicted molar refractivity (Wildman–Crippen MR) is 140 cm³/mol. The van der Waals surface area contributed by atoms with Crippen molar-refractivity contribution in [1.29, 1.82) is 0 Å². The highest BCUT2D eigenvalue weighted by Gasteiger charge is 2.31. The number of aromatic nitrogens is 3. The first-order chi connectivity index (χ1) is 19.0. The summed E-state index contributed by atoms with van der Waals surface area (Å²) >= 11 is 0.982. The van der Waals surface area contributed by atoms with Gasteiger partial charge in [0.05, 0.1) is 29.4 Å². The van der Waals surface area contributed by atoms with E-state index < -0.39 is 21.8 Å². The zero-order chi connectivity index (χ0) is 28.9. The zero-order valence-corrected chi connectivity index (χ0v) is 23.0. The number of thioether (sulfide) groups is 1. The standard InChI is InChI=1S/C25H26F3N5O5S2/c1-17(34)29-10-9-23-30-31-24(33(23)20-4-2-3-19(15-20)25(26,27)28)39-16-22(35)18-5-7-21(8-6-18)40(36,37)32-11-13-38-14-12-32/h2-8,15H,9-14,16H2,1H3,(H,29,34). The van der Waals surface area contributed by atoms with Crippen LogP contribution in [0.15, 0.2) is 58.6 Å². The Morgan fingerprint density at radius 1 is 1.07 bits per heavy atom. The lowest BCUT2D eigenvalue weighted by Crippen LogP contribution is -2.40. The minimum Gasteiger partial charge on any atom is -0.379 e. The Balaban J connectivity index is 1.52. The van der Waals surface area contributed by atoms with Gasteiger partial charge in [0.2, 0.25) is 15.9 Å². The maximum atomic E-state index is 13.4. The smallest absolute Gasteiger partial charge is 0.379 e. The minimum absolute atomic E-state index is 0.0618. The number of nitrogens with one attached hydrogen (secondary N) is 1. The quantitative estimate of drug-likeness (QED) is 0.280. The van der Waals surface area contributed by atoms with Crippen molar-refractivity contribution in [1.82, 2.24) is 24.4 Å². The van der Waals surface area contributed by atoms with Crippen LogP contribution in [0.3, 0.4) is 0 Å². The van der Waals surface area contributed by atoms with Crippen LogP contribution in [0.1, 0.15) is 28.7 Å². The molecule has 1 amide bonds. The van der Waals surface area contributed by atoms with Crippen LogP contribution in [-0.4, -0.2) is 77.8 Å². The largest absolute Gasteiger partial charge is 0.416 e. The van der Waals surface area contributed by atoms with Gasteiger partial charge in [-0.2, -0.15) is 17.5 Å². The van der Waals surface area contributed by atoms with Crippen LogP contribution < -0.4 is 5.32 Å². The molecule has 1 fully saturated rings. The highest BCUT2D eigenvalue weighted by molar-refractivity contribution is 7.99. The van der Waals surface area contributed by atoms with E-state index in [1.165, 1.54) is 52.2 Å². The van der Waals surface area contributed by atoms with E-state index in [9.17, 15) is 31.2 Å². The Bertz CT molecular complexity index is 1470. The van der Waals surface area contributed by atoms with E-state index in [1.807, 2.05) is 0 Å². The molecule has 4 rings (SSSR count). The molecule has 0 radical (unpaired) electrons. The fourth-order valence-corrected chi connectivity index (χ4v) is 6.22. The molecule has 1 aromatic heterocycles. The van der Waals surface area contributed by atoms with Crippen molar-refractivity contribution in [2.75, 3.05) is 38.6 Å². The molecule has 2 aromatic carbocycles. The second-order valence-electron chi connectivity index (χ2n) is 8.77. The van der Waals surface area contributed by atoms with Gasteiger partial charge in [-0.1, -0.05) is 30.0 Å². The fourth-order valence-electron chi connectivity index (χ4n) is 3.95. The number of carbonyl (C=O) groups is 2. The summed E-state index contributed by atoms with van der Waals surface area (Å²) < 4.78 is 73.7. The van der Waals surface area contributed by atoms with Crippen LogP contribution in [0, 0.1) is 0 Å². The van der Waals surface area contributed by atoms with Crippen molar-refractivity contribution in [2.45, 2.75) is 29.6 Å². The summed E-state index contributed by atoms with van der Waals surface area (Å²) in [6, 6.07) is 10.2. The summed E-state index contributed by atoms with van der Waals surface area (Å²) in [5, 5.41) is 11.0. The zero-order valence-electron chi connectivity index (χ0n) is 21.3. The molecular weight excluding hydrogens is 571 g/mol. The molecule has 10 nitrogen and oxygen atoms in total. The van der Waals surface area contributed by atoms with Crippen LogP contribution in [0.5, 0.6) is 0 Å². The number of rotatable bonds is 10. The molecule has 0 bridgehead atoms. The molecule has 15 heteroatoms. The molecule has 1 aliphatic heterocycles. The monoisotopic (exact) mass is 597 g/mol. The average Bonchev–Trinajstić information content (AvgIpc) is 3.34. The van der Waals surface area contributed by atoms with Gasteiger partial charge in [0.1, 0.15) is 5.82 Å². The van der Waals surface area contributed by atoms with Gasteiger partial charge in [-0.05, 0) is 30.3 Å². The van der Waals surface area contributed by atoms with Gasteiger partial charge in [0.25, 0.3) is 0 Å². The summed E-state index contributed by atoms with van der Waals surface area (Å²) in [5.74, 6) is -0.424. The van der Waals surface area contributed by atoms with Crippen LogP contribution in [0.25, 0.3) is 5.69 Å². The lowest BCUT2D eigenvalue weighted by atomic mass is 10.1. The van der Waals surface area contributed by atoms with Crippen molar-refractivity contribution < 1.29 is 35.9 Å². The van der Waals surface area contributed by atoms with E-state index in [-0.39, 0.29) is 64.8 Å². The Hall–Kier alpha value is -3.27. The van der Waals surface area contributed by atoms with Crippen molar-refractivity contribution >= 4 is 33.5 Å². The number of ketones is 1. The molecule has 0 saturated carbocycles. The number of amides is 1. The molecule has 0 atom stereocenters. The van der Waals surface area contributed by atoms with Gasteiger partial charge in [0, 0.05) is 44.2 Å². The fraction of sp³-hybridized carbons (Fsp3) is 0.360. The molecule has 0 aliphatic carbocycles. The lowest BCUT2D eigenvalue weighted by molar-refractivity contribution is -0.137. The summed E-state index contributed by atoms with van der Waals surface area (Å²) in [6.07, 6.45) is -4.37. The third kappa shape index (κ3) is 7.08. The number of hydrogen-bond acceptors (Lipinski definition) is 8. The number of morpholine rings is 1. The van der Waals surface area contributed by atoms with E-state index in [2.05, 4.69) is 15.5 Å². The van der Waals surface area contributed by atoms with Gasteiger partial charge in [-0.15, -0.1) is 10.2 Å². The first-order valence-electron chi connectivity index (χ1n) is 12.2. The number of Topliss-reactive ketones (excluding diaryl/α,β-unsaturated/α-hetero) is 1. The summed E-state index contributed by atoms with van der Waals surface area (Å²) in [4.78, 5) is 24.2. The van der Waals surface area contributed by atoms with Crippen molar-refractivity contribution in [3.8, 4) is 5.69 Å². The highest BCUT2D eigenvalue weighted by Crippen LogP contribution is 2.32. The van der Waals surface area contributed by atoms with E-state index in [0.29, 0.717) is 19.0 Å². The maximum absolute atomic E-state index is 13.4. The number of alkyl halides is 3. The lowest BCUT2D eigenvalue weighted by Gasteiger charge is -2.26. The van der Waals surface area contributed by atoms with E-state index >= 15 is 0 Å². The third-order valence-corrected chi connectivity index (χ3v) is 8.81. The third-order valence-electron chi connectivity index (χ3n) is 5.97. The topological polar surface area (TPSA) is 123 Å². The Kier molecular flexibility index (Phi) is 9.28. The van der Waals surface area contributed by atoms with Crippen LogP contribution in [0.2, 0.25) is 0 Å². The number of nitrogens with zero attached hydrogens (tertiary/aromatic N) is 4. The molecule has 0 spiro atoms. The molecule has 40 heavy (non-hydrogen) atoms. The van der Waals surface area contributed by atoms with Crippen LogP contribution >= 0.6 is 11.8 Å². The highest BCUT2D eigenvalue weighted by atomic mass is 32.2. The molecule has 0 unspecified atom stereocenters. The number of carbonyl (C=O) groups excluding carboxylic acids is 2. The van der Waals surface area contributed by atoms with Gasteiger partial charge in [-0.25, -0.2) is 8.42 Å². The summed E-state index contributed by atoms with van der Waals surface area (Å²) in [7, 11) is -3.71. The maximum Gasteiger partial charge on any atom is 0.416 e. The average molecular weight is 598 g/mol. The van der Waals surface area contributed by atoms with Crippen molar-refractivity contribution in [2.24, 2.45) is 0 Å². The number of sulfonamides is 1. The van der Waals surface area contributed by atoms with E-state index in [4.69, 9.17) is 4.74 Å². The number of ether oxygens (including phenoxy) is 1. The second-order valence-corrected chi connectivity index (χ2v) is 11.6. The molecule has 2 heterocycles. The van der Waals surface area contributed by atoms with Gasteiger partial charge in [-0.3, -0.25) is 14.2 Å². The Labute approximate surface area is 233 Å². The number of benzene rings is 2. The van der Waals surface area contributed by atoms with Crippen LogP contribution in [-0.2, 0) is 32.2 Å². The Morgan fingerprint density at radius 2 is 1.77 bits per heavy atom. The second kappa shape index (κ2) is 12.5. The number of hydrogen-bond donors (Lipinski definition) is 1. The summed E-state index contributed by atoms with van der Waals surface area (Å²) in [6.45, 7) is 2.66. The number of halogens is 3. The summed E-state index contributed by atoms with van der Waals surface area (Å²) in [5.41, 5.74) is -0.430. The van der Waals surface area contributed by atoms with E-state index in [0.717, 1.165) is 23.9 Å². The molecular formula is C25H26F3N5O5S2. The molecule has 214 valence electrons. The normalized spacial score (nSPS) is 14.7. The molecule has 1 N–H and O–H groups in total.